The first-order chi connectivity index (χ1) is 34.9. The van der Waals surface area contributed by atoms with Crippen LogP contribution in [-0.2, 0) is 38.1 Å². The van der Waals surface area contributed by atoms with Crippen LogP contribution in [0.2, 0.25) is 0 Å². The molecule has 0 aromatic heterocycles. The molecule has 1 amide bonds. The Morgan fingerprint density at radius 1 is 0.905 bits per heavy atom. The molecule has 74 heavy (non-hydrogen) atoms. The number of cyclic esters (lactones) is 1. The smallest absolute Gasteiger partial charge is 0.461 e. The lowest BCUT2D eigenvalue weighted by Gasteiger charge is -2.43. The van der Waals surface area contributed by atoms with Gasteiger partial charge in [0.2, 0.25) is 5.79 Å². The molecule has 1 aliphatic carbocycles. The Kier molecular flexibility index (Phi) is 22.5. The van der Waals surface area contributed by atoms with Gasteiger partial charge in [-0.05, 0) is 133 Å². The first kappa shape index (κ1) is 60.4. The molecule has 414 valence electrons. The number of carbonyl (C=O) groups excluding carboxylic acids is 4. The van der Waals surface area contributed by atoms with Crippen molar-refractivity contribution in [2.75, 3.05) is 26.1 Å². The highest BCUT2D eigenvalue weighted by Crippen LogP contribution is 2.38. The second-order valence-electron chi connectivity index (χ2n) is 21.4. The van der Waals surface area contributed by atoms with Crippen molar-refractivity contribution in [1.29, 1.82) is 0 Å². The van der Waals surface area contributed by atoms with E-state index in [1.54, 1.807) is 52.2 Å². The highest BCUT2D eigenvalue weighted by atomic mass is 19.4. The number of carbonyl (C=O) groups is 4. The summed E-state index contributed by atoms with van der Waals surface area (Å²) >= 11 is 0. The highest BCUT2D eigenvalue weighted by Gasteiger charge is 2.53. The topological polar surface area (TPSA) is 216 Å². The summed E-state index contributed by atoms with van der Waals surface area (Å²) in [7, 11) is 2.95. The number of fused-ring (bicyclic) bond motifs is 3. The molecule has 1 aromatic rings. The number of nitrogens with two attached hydrogens (primary N) is 1. The Bertz CT molecular complexity index is 2170. The van der Waals surface area contributed by atoms with Crippen LogP contribution in [0, 0.1) is 29.6 Å². The molecule has 3 aliphatic heterocycles. The van der Waals surface area contributed by atoms with Crippen molar-refractivity contribution >= 4 is 29.1 Å². The number of rotatable bonds is 8. The lowest BCUT2D eigenvalue weighted by Crippen LogP contribution is -2.61. The van der Waals surface area contributed by atoms with E-state index in [0.717, 1.165) is 12.0 Å². The predicted molar refractivity (Wildman–Crippen MR) is 273 cm³/mol. The second-order valence-corrected chi connectivity index (χ2v) is 21.4. The number of nitrogens with zero attached hydrogens (tertiary/aromatic N) is 1. The average molecular weight is 1050 g/mol. The van der Waals surface area contributed by atoms with Gasteiger partial charge in [0, 0.05) is 56.4 Å². The number of benzene rings is 1. The molecule has 0 spiro atoms. The third kappa shape index (κ3) is 16.8. The fourth-order valence-corrected chi connectivity index (χ4v) is 11.0. The van der Waals surface area contributed by atoms with Crippen molar-refractivity contribution in [2.24, 2.45) is 35.3 Å². The van der Waals surface area contributed by atoms with Crippen LogP contribution in [0.25, 0.3) is 0 Å². The fourth-order valence-electron chi connectivity index (χ4n) is 11.0. The normalized spacial score (nSPS) is 37.0. The van der Waals surface area contributed by atoms with Gasteiger partial charge >= 0.3 is 12.3 Å². The molecule has 4 aliphatic rings. The minimum atomic E-state index is -4.92. The van der Waals surface area contributed by atoms with Crippen molar-refractivity contribution in [3.05, 3.63) is 71.9 Å². The van der Waals surface area contributed by atoms with Gasteiger partial charge in [-0.25, -0.2) is 4.79 Å². The Hall–Kier alpha value is -4.43. The SMILES string of the molecule is COC1CC(C[C@@H](C)[C@@H]2CC[C@H](N)/C=C(\C)C(O)[C@@H](OC)C(=O)C(C)C[C@H](C)/C=C/C=C/C=C(\C)C(Nc3cccc(OC(F)(F)F)c3)C[C@@H]3CCC(C)C(O)(O3)C(=O)C(=O)N3CCCCC3C(=O)O2)CC[C@H]1O. The summed E-state index contributed by atoms with van der Waals surface area (Å²) in [6.45, 7) is 10.9. The largest absolute Gasteiger partial charge is 0.573 e. The maximum atomic E-state index is 14.5. The number of halogens is 3. The van der Waals surface area contributed by atoms with Crippen LogP contribution < -0.4 is 15.8 Å². The first-order valence-electron chi connectivity index (χ1n) is 26.4. The van der Waals surface area contributed by atoms with E-state index in [0.29, 0.717) is 69.0 Å². The number of hydrogen-bond donors (Lipinski definition) is 5. The van der Waals surface area contributed by atoms with Crippen LogP contribution >= 0.6 is 0 Å². The summed E-state index contributed by atoms with van der Waals surface area (Å²) in [6, 6.07) is 2.98. The average Bonchev–Trinajstić information content (AvgIpc) is 3.35. The maximum absolute atomic E-state index is 14.5. The van der Waals surface area contributed by atoms with Crippen LogP contribution in [0.4, 0.5) is 18.9 Å². The molecule has 15 nitrogen and oxygen atoms in total. The number of methoxy groups -OCH3 is 2. The number of esters is 1. The number of ether oxygens (including phenoxy) is 5. The molecular weight excluding hydrogens is 964 g/mol. The Morgan fingerprint density at radius 3 is 2.35 bits per heavy atom. The van der Waals surface area contributed by atoms with Crippen LogP contribution in [-0.4, -0.2) is 131 Å². The van der Waals surface area contributed by atoms with Gasteiger partial charge in [0.1, 0.15) is 30.1 Å². The van der Waals surface area contributed by atoms with Crippen molar-refractivity contribution in [2.45, 2.75) is 192 Å². The molecule has 3 fully saturated rings. The Morgan fingerprint density at radius 2 is 1.65 bits per heavy atom. The van der Waals surface area contributed by atoms with Crippen molar-refractivity contribution < 1.29 is 71.4 Å². The molecule has 3 heterocycles. The van der Waals surface area contributed by atoms with E-state index >= 15 is 0 Å². The van der Waals surface area contributed by atoms with E-state index in [4.69, 9.17) is 24.7 Å². The van der Waals surface area contributed by atoms with E-state index in [1.807, 2.05) is 39.0 Å². The summed E-state index contributed by atoms with van der Waals surface area (Å²) in [5, 5.41) is 37.5. The predicted octanol–water partition coefficient (Wildman–Crippen LogP) is 8.06. The van der Waals surface area contributed by atoms with E-state index in [2.05, 4.69) is 10.1 Å². The van der Waals surface area contributed by atoms with Crippen molar-refractivity contribution in [1.82, 2.24) is 4.90 Å². The van der Waals surface area contributed by atoms with Gasteiger partial charge in [-0.2, -0.15) is 0 Å². The monoisotopic (exact) mass is 1050 g/mol. The minimum Gasteiger partial charge on any atom is -0.461 e. The Labute approximate surface area is 435 Å². The summed E-state index contributed by atoms with van der Waals surface area (Å²) in [6.07, 6.45) is 6.75. The van der Waals surface area contributed by atoms with E-state index in [-0.39, 0.29) is 55.4 Å². The molecule has 0 radical (unpaired) electrons. The molecule has 2 bridgehead atoms. The van der Waals surface area contributed by atoms with E-state index in [9.17, 15) is 47.7 Å². The number of Topliss-reactive ketones (excluding diaryl/α,β-unsaturated/α-hetero) is 2. The standard InChI is InChI=1S/C56H82F3N3O12/c1-33-15-10-9-11-16-34(2)44(61-41-17-14-18-42(31-41)74-56(57,58)59)32-43-23-20-38(6)55(69,73-43)52(66)53(67)62-26-13-12-19-45(62)54(68)72-47(35(3)28-39-21-24-46(63)48(30-39)70-7)25-22-40(60)29-37(5)50(65)51(71-8)49(64)36(4)27-33/h9-11,14-18,29,31,33,35-36,38-40,43-48,50-51,61,63,65,69H,12-13,19-28,30,32,60H2,1-8H3/b11-9+,15-10+,34-16+,37-29+/t33-,35-,36?,38?,39?,40+,43+,44?,45?,46-,47+,48?,50?,51+,55?/m1/s1. The number of ketones is 2. The summed E-state index contributed by atoms with van der Waals surface area (Å²) < 4.78 is 67.7. The van der Waals surface area contributed by atoms with Crippen LogP contribution in [0.3, 0.4) is 0 Å². The van der Waals surface area contributed by atoms with Gasteiger partial charge in [0.15, 0.2) is 5.78 Å². The Balaban J connectivity index is 1.49. The fraction of sp³-hybridized carbons (Fsp3) is 0.679. The van der Waals surface area contributed by atoms with Gasteiger partial charge in [-0.15, -0.1) is 13.2 Å². The number of nitrogens with one attached hydrogen (secondary N) is 1. The number of anilines is 1. The number of piperidine rings is 1. The van der Waals surface area contributed by atoms with Crippen molar-refractivity contribution in [3.63, 3.8) is 0 Å². The molecule has 1 saturated carbocycles. The number of amides is 1. The van der Waals surface area contributed by atoms with E-state index in [1.165, 1.54) is 30.2 Å². The zero-order valence-corrected chi connectivity index (χ0v) is 44.4. The van der Waals surface area contributed by atoms with Gasteiger partial charge in [-0.3, -0.25) is 14.4 Å². The molecule has 15 atom stereocenters. The molecule has 1 aromatic carbocycles. The summed E-state index contributed by atoms with van der Waals surface area (Å²) in [4.78, 5) is 58.4. The zero-order valence-electron chi connectivity index (χ0n) is 44.4. The maximum Gasteiger partial charge on any atom is 0.573 e. The number of allylic oxidation sites excluding steroid dienone is 5. The molecule has 2 saturated heterocycles. The first-order valence-corrected chi connectivity index (χ1v) is 26.4. The summed E-state index contributed by atoms with van der Waals surface area (Å²) in [5.41, 5.74) is 8.14. The number of aliphatic hydroxyl groups is 3. The van der Waals surface area contributed by atoms with Gasteiger partial charge in [-0.1, -0.05) is 75.8 Å². The van der Waals surface area contributed by atoms with Crippen molar-refractivity contribution in [3.8, 4) is 5.75 Å². The van der Waals surface area contributed by atoms with Crippen LogP contribution in [0.15, 0.2) is 71.9 Å². The summed E-state index contributed by atoms with van der Waals surface area (Å²) in [5.74, 6) is -7.69. The zero-order chi connectivity index (χ0) is 54.5. The number of hydrogen-bond acceptors (Lipinski definition) is 14. The minimum absolute atomic E-state index is 0.0526. The van der Waals surface area contributed by atoms with Crippen LogP contribution in [0.1, 0.15) is 125 Å². The number of aliphatic hydroxyl groups excluding tert-OH is 2. The third-order valence-electron chi connectivity index (χ3n) is 15.5. The third-order valence-corrected chi connectivity index (χ3v) is 15.5. The lowest BCUT2D eigenvalue weighted by atomic mass is 9.78. The molecule has 5 rings (SSSR count). The molecular formula is C56H82F3N3O12. The molecule has 8 unspecified atom stereocenters. The van der Waals surface area contributed by atoms with Crippen LogP contribution in [0.5, 0.6) is 5.75 Å². The lowest BCUT2D eigenvalue weighted by molar-refractivity contribution is -0.274. The quantitative estimate of drug-likeness (QED) is 0.0946. The second kappa shape index (κ2) is 27.6. The molecule has 6 N–H and O–H groups in total. The highest BCUT2D eigenvalue weighted by molar-refractivity contribution is 6.39. The van der Waals surface area contributed by atoms with Gasteiger partial charge in [0.25, 0.3) is 11.7 Å². The van der Waals surface area contributed by atoms with Gasteiger partial charge < -0.3 is 55.0 Å². The van der Waals surface area contributed by atoms with Gasteiger partial charge in [0.05, 0.1) is 18.3 Å². The molecule has 18 heteroatoms. The number of alkyl halides is 3. The van der Waals surface area contributed by atoms with E-state index < -0.39 is 96.0 Å².